The van der Waals surface area contributed by atoms with Gasteiger partial charge in [-0.3, -0.25) is 4.79 Å². The van der Waals surface area contributed by atoms with E-state index in [9.17, 15) is 4.79 Å². The van der Waals surface area contributed by atoms with E-state index in [0.717, 1.165) is 57.8 Å². The third-order valence-corrected chi connectivity index (χ3v) is 3.12. The summed E-state index contributed by atoms with van der Waals surface area (Å²) < 4.78 is 14.3. The molecule has 0 aliphatic rings. The molecule has 0 bridgehead atoms. The van der Waals surface area contributed by atoms with E-state index in [1.807, 2.05) is 0 Å². The summed E-state index contributed by atoms with van der Waals surface area (Å²) in [4.78, 5) is 10.5. The largest absolute Gasteiger partial charge is 0.481 e. The SMILES string of the molecule is [2H]CCCCCC=CCC=CCCCCCCC([2H])C(=O)O. The number of hydrogen-bond donors (Lipinski definition) is 1. The standard InChI is InChI=1S/C18H32O2/c1-2-3-4-5-6-7-8-9-10-11-12-13-14-15-16-17-18(19)20/h6-7,9-10H,2-5,8,11-17H2,1H3,(H,19,20)/i1D,17D. The van der Waals surface area contributed by atoms with Crippen molar-refractivity contribution in [3.8, 4) is 0 Å². The van der Waals surface area contributed by atoms with Gasteiger partial charge in [0.1, 0.15) is 0 Å². The highest BCUT2D eigenvalue weighted by Gasteiger charge is 1.95. The molecule has 0 rings (SSSR count). The fourth-order valence-corrected chi connectivity index (χ4v) is 1.93. The highest BCUT2D eigenvalue weighted by Crippen LogP contribution is 2.08. The molecule has 0 saturated heterocycles. The average molecular weight is 282 g/mol. The molecule has 1 unspecified atom stereocenters. The normalized spacial score (nSPS) is 14.6. The van der Waals surface area contributed by atoms with Gasteiger partial charge < -0.3 is 5.11 Å². The minimum Gasteiger partial charge on any atom is -0.481 e. The second-order valence-electron chi connectivity index (χ2n) is 5.06. The molecule has 116 valence electrons. The van der Waals surface area contributed by atoms with E-state index in [1.54, 1.807) is 0 Å². The van der Waals surface area contributed by atoms with Crippen molar-refractivity contribution in [1.82, 2.24) is 0 Å². The van der Waals surface area contributed by atoms with Gasteiger partial charge in [0.05, 0.1) is 0 Å². The van der Waals surface area contributed by atoms with Crippen LogP contribution in [0.5, 0.6) is 0 Å². The molecule has 0 fully saturated rings. The number of carboxylic acids is 1. The Morgan fingerprint density at radius 3 is 2.20 bits per heavy atom. The van der Waals surface area contributed by atoms with Crippen LogP contribution in [0, 0.1) is 0 Å². The molecule has 0 aliphatic carbocycles. The van der Waals surface area contributed by atoms with Crippen LogP contribution in [0.25, 0.3) is 0 Å². The van der Waals surface area contributed by atoms with Gasteiger partial charge in [-0.25, -0.2) is 0 Å². The summed E-state index contributed by atoms with van der Waals surface area (Å²) in [5, 5.41) is 8.59. The maximum atomic E-state index is 10.5. The Morgan fingerprint density at radius 2 is 1.55 bits per heavy atom. The Morgan fingerprint density at radius 1 is 0.950 bits per heavy atom. The van der Waals surface area contributed by atoms with Crippen molar-refractivity contribution in [2.75, 3.05) is 0 Å². The van der Waals surface area contributed by atoms with Gasteiger partial charge in [0.2, 0.25) is 0 Å². The number of carbonyl (C=O) groups is 1. The zero-order valence-electron chi connectivity index (χ0n) is 14.7. The molecule has 0 aliphatic heterocycles. The maximum Gasteiger partial charge on any atom is 0.303 e. The first kappa shape index (κ1) is 15.3. The van der Waals surface area contributed by atoms with Crippen LogP contribution >= 0.6 is 0 Å². The lowest BCUT2D eigenvalue weighted by molar-refractivity contribution is -0.137. The summed E-state index contributed by atoms with van der Waals surface area (Å²) in [5.41, 5.74) is 0. The Labute approximate surface area is 127 Å². The average Bonchev–Trinajstić information content (AvgIpc) is 2.50. The molecule has 0 saturated carbocycles. The van der Waals surface area contributed by atoms with Crippen molar-refractivity contribution in [2.45, 2.75) is 83.9 Å². The molecule has 0 spiro atoms. The van der Waals surface area contributed by atoms with Gasteiger partial charge in [0.15, 0.2) is 0 Å². The fourth-order valence-electron chi connectivity index (χ4n) is 1.93. The van der Waals surface area contributed by atoms with Crippen LogP contribution in [0.15, 0.2) is 24.3 Å². The first-order valence-electron chi connectivity index (χ1n) is 9.21. The first-order valence-corrected chi connectivity index (χ1v) is 7.92. The summed E-state index contributed by atoms with van der Waals surface area (Å²) in [7, 11) is 0. The molecule has 0 heterocycles. The lowest BCUT2D eigenvalue weighted by Crippen LogP contribution is -1.93. The molecular weight excluding hydrogens is 248 g/mol. The molecule has 1 atom stereocenters. The summed E-state index contributed by atoms with van der Waals surface area (Å²) in [6.07, 6.45) is 19.1. The van der Waals surface area contributed by atoms with Gasteiger partial charge >= 0.3 is 5.97 Å². The minimum absolute atomic E-state index is 0.470. The Hall–Kier alpha value is -1.05. The lowest BCUT2D eigenvalue weighted by Gasteiger charge is -1.98. The van der Waals surface area contributed by atoms with Crippen molar-refractivity contribution >= 4 is 5.97 Å². The van der Waals surface area contributed by atoms with Crippen molar-refractivity contribution in [3.63, 3.8) is 0 Å². The Kier molecular flexibility index (Phi) is 12.3. The number of allylic oxidation sites excluding steroid dienone is 4. The van der Waals surface area contributed by atoms with Gasteiger partial charge in [-0.05, 0) is 38.5 Å². The third kappa shape index (κ3) is 16.9. The van der Waals surface area contributed by atoms with Crippen molar-refractivity contribution in [3.05, 3.63) is 24.3 Å². The lowest BCUT2D eigenvalue weighted by atomic mass is 10.1. The minimum atomic E-state index is -1.01. The topological polar surface area (TPSA) is 37.3 Å². The predicted octanol–water partition coefficient (Wildman–Crippen LogP) is 5.88. The number of rotatable bonds is 14. The number of hydrogen-bond acceptors (Lipinski definition) is 1. The summed E-state index contributed by atoms with van der Waals surface area (Å²) in [5.74, 6) is -1.01. The molecule has 2 nitrogen and oxygen atoms in total. The van der Waals surface area contributed by atoms with Gasteiger partial charge in [0, 0.05) is 9.14 Å². The molecule has 0 radical (unpaired) electrons. The van der Waals surface area contributed by atoms with Gasteiger partial charge in [-0.1, -0.05) is 63.3 Å². The number of aliphatic carboxylic acids is 1. The highest BCUT2D eigenvalue weighted by molar-refractivity contribution is 5.66. The molecule has 0 aromatic carbocycles. The molecule has 2 heteroatoms. The van der Waals surface area contributed by atoms with E-state index < -0.39 is 12.4 Å². The zero-order chi connectivity index (χ0) is 16.5. The van der Waals surface area contributed by atoms with E-state index in [-0.39, 0.29) is 0 Å². The molecule has 0 amide bonds. The smallest absolute Gasteiger partial charge is 0.303 e. The van der Waals surface area contributed by atoms with Crippen molar-refractivity contribution in [2.24, 2.45) is 0 Å². The quantitative estimate of drug-likeness (QED) is 0.319. The van der Waals surface area contributed by atoms with Crippen LogP contribution < -0.4 is 0 Å². The van der Waals surface area contributed by atoms with Crippen LogP contribution in [0.3, 0.4) is 0 Å². The molecule has 0 aromatic heterocycles. The second kappa shape index (κ2) is 16.0. The van der Waals surface area contributed by atoms with Gasteiger partial charge in [0.25, 0.3) is 0 Å². The Bertz CT molecular complexity index is 314. The number of carboxylic acid groups (broad SMARTS) is 1. The van der Waals surface area contributed by atoms with Gasteiger partial charge in [-0.15, -0.1) is 0 Å². The second-order valence-corrected chi connectivity index (χ2v) is 5.06. The highest BCUT2D eigenvalue weighted by atomic mass is 16.4. The van der Waals surface area contributed by atoms with E-state index in [4.69, 9.17) is 7.85 Å². The molecule has 1 N–H and O–H groups in total. The van der Waals surface area contributed by atoms with Crippen LogP contribution in [-0.4, -0.2) is 11.1 Å². The molecular formula is C18H32O2. The zero-order valence-corrected chi connectivity index (χ0v) is 12.7. The maximum absolute atomic E-state index is 10.5. The van der Waals surface area contributed by atoms with Crippen LogP contribution in [0.4, 0.5) is 0 Å². The third-order valence-electron chi connectivity index (χ3n) is 3.12. The van der Waals surface area contributed by atoms with Crippen LogP contribution in [-0.2, 0) is 4.79 Å². The Balaban J connectivity index is 3.27. The summed E-state index contributed by atoms with van der Waals surface area (Å²) in [6, 6.07) is 0. The fraction of sp³-hybridized carbons (Fsp3) is 0.722. The van der Waals surface area contributed by atoms with E-state index in [0.29, 0.717) is 13.3 Å². The van der Waals surface area contributed by atoms with Crippen LogP contribution in [0.2, 0.25) is 0 Å². The van der Waals surface area contributed by atoms with Crippen molar-refractivity contribution < 1.29 is 12.6 Å². The van der Waals surface area contributed by atoms with E-state index in [1.165, 1.54) is 6.42 Å². The molecule has 20 heavy (non-hydrogen) atoms. The molecule has 0 aromatic rings. The van der Waals surface area contributed by atoms with Gasteiger partial charge in [-0.2, -0.15) is 0 Å². The number of unbranched alkanes of at least 4 members (excludes halogenated alkanes) is 7. The summed E-state index contributed by atoms with van der Waals surface area (Å²) >= 11 is 0. The van der Waals surface area contributed by atoms with Crippen molar-refractivity contribution in [1.29, 1.82) is 0 Å². The monoisotopic (exact) mass is 282 g/mol. The van der Waals surface area contributed by atoms with E-state index >= 15 is 0 Å². The predicted molar refractivity (Wildman–Crippen MR) is 87.0 cm³/mol. The van der Waals surface area contributed by atoms with E-state index in [2.05, 4.69) is 24.3 Å². The van der Waals surface area contributed by atoms with Crippen LogP contribution in [0.1, 0.15) is 86.7 Å². The first-order chi connectivity index (χ1) is 10.7. The summed E-state index contributed by atoms with van der Waals surface area (Å²) in [6.45, 7) is 0.551.